The van der Waals surface area contributed by atoms with Crippen LogP contribution in [0.5, 0.6) is 0 Å². The Balaban J connectivity index is 2.74. The monoisotopic (exact) mass is 271 g/mol. The number of rotatable bonds is 6. The lowest BCUT2D eigenvalue weighted by atomic mass is 10.2. The van der Waals surface area contributed by atoms with Crippen LogP contribution in [0.15, 0.2) is 30.3 Å². The largest absolute Gasteiger partial charge is 0.395 e. The summed E-state index contributed by atoms with van der Waals surface area (Å²) in [5.74, 6) is -1.02. The molecule has 0 spiro atoms. The predicted molar refractivity (Wildman–Crippen MR) is 68.7 cm³/mol. The number of carbonyl (C=O) groups is 1. The SMILES string of the molecule is CS(=O)(=O)CC(=O)N(CCO)Cc1ccccc1. The van der Waals surface area contributed by atoms with E-state index in [4.69, 9.17) is 5.11 Å². The molecule has 1 aromatic rings. The normalized spacial score (nSPS) is 11.2. The van der Waals surface area contributed by atoms with E-state index in [9.17, 15) is 13.2 Å². The lowest BCUT2D eigenvalue weighted by molar-refractivity contribution is -0.129. The number of amides is 1. The second kappa shape index (κ2) is 6.51. The smallest absolute Gasteiger partial charge is 0.238 e. The fraction of sp³-hybridized carbons (Fsp3) is 0.417. The highest BCUT2D eigenvalue weighted by molar-refractivity contribution is 7.91. The highest BCUT2D eigenvalue weighted by Crippen LogP contribution is 2.05. The zero-order chi connectivity index (χ0) is 13.6. The molecule has 1 rings (SSSR count). The van der Waals surface area contributed by atoms with Gasteiger partial charge in [0, 0.05) is 19.3 Å². The third-order valence-electron chi connectivity index (χ3n) is 2.32. The van der Waals surface area contributed by atoms with Gasteiger partial charge in [-0.2, -0.15) is 0 Å². The summed E-state index contributed by atoms with van der Waals surface area (Å²) in [7, 11) is -3.35. The van der Waals surface area contributed by atoms with Crippen molar-refractivity contribution in [3.8, 4) is 0 Å². The number of aliphatic hydroxyl groups excluding tert-OH is 1. The van der Waals surface area contributed by atoms with Crippen molar-refractivity contribution >= 4 is 15.7 Å². The van der Waals surface area contributed by atoms with Crippen LogP contribution in [0.4, 0.5) is 0 Å². The molecule has 0 saturated carbocycles. The van der Waals surface area contributed by atoms with E-state index in [1.54, 1.807) is 0 Å². The zero-order valence-electron chi connectivity index (χ0n) is 10.2. The molecule has 0 aliphatic carbocycles. The van der Waals surface area contributed by atoms with Gasteiger partial charge in [0.1, 0.15) is 5.75 Å². The van der Waals surface area contributed by atoms with Gasteiger partial charge in [0.05, 0.1) is 6.61 Å². The van der Waals surface area contributed by atoms with Gasteiger partial charge in [-0.1, -0.05) is 30.3 Å². The third-order valence-corrected chi connectivity index (χ3v) is 3.10. The Bertz CT molecular complexity index is 484. The van der Waals surface area contributed by atoms with Crippen LogP contribution in [0, 0.1) is 0 Å². The minimum atomic E-state index is -3.35. The maximum Gasteiger partial charge on any atom is 0.238 e. The van der Waals surface area contributed by atoms with Gasteiger partial charge in [-0.05, 0) is 5.56 Å². The summed E-state index contributed by atoms with van der Waals surface area (Å²) in [6.07, 6.45) is 1.02. The predicted octanol–water partition coefficient (Wildman–Crippen LogP) is 0.0521. The maximum atomic E-state index is 11.8. The number of carbonyl (C=O) groups excluding carboxylic acids is 1. The van der Waals surface area contributed by atoms with E-state index in [0.717, 1.165) is 11.8 Å². The molecule has 100 valence electrons. The van der Waals surface area contributed by atoms with Crippen LogP contribution >= 0.6 is 0 Å². The van der Waals surface area contributed by atoms with Crippen LogP contribution in [0.25, 0.3) is 0 Å². The highest BCUT2D eigenvalue weighted by atomic mass is 32.2. The van der Waals surface area contributed by atoms with Crippen molar-refractivity contribution in [2.75, 3.05) is 25.2 Å². The Morgan fingerprint density at radius 1 is 1.28 bits per heavy atom. The molecule has 1 amide bonds. The van der Waals surface area contributed by atoms with Crippen LogP contribution in [-0.4, -0.2) is 49.5 Å². The van der Waals surface area contributed by atoms with Crippen LogP contribution in [0.1, 0.15) is 5.56 Å². The van der Waals surface area contributed by atoms with Crippen molar-refractivity contribution in [2.24, 2.45) is 0 Å². The maximum absolute atomic E-state index is 11.8. The molecule has 0 aliphatic heterocycles. The van der Waals surface area contributed by atoms with Crippen molar-refractivity contribution < 1.29 is 18.3 Å². The first-order chi connectivity index (χ1) is 8.42. The van der Waals surface area contributed by atoms with Crippen molar-refractivity contribution in [2.45, 2.75) is 6.54 Å². The lowest BCUT2D eigenvalue weighted by Gasteiger charge is -2.21. The summed E-state index contributed by atoms with van der Waals surface area (Å²) >= 11 is 0. The fourth-order valence-electron chi connectivity index (χ4n) is 1.53. The molecular formula is C12H17NO4S. The standard InChI is InChI=1S/C12H17NO4S/c1-18(16,17)10-12(15)13(7-8-14)9-11-5-3-2-4-6-11/h2-6,14H,7-10H2,1H3. The van der Waals surface area contributed by atoms with Gasteiger partial charge in [-0.25, -0.2) is 8.42 Å². The Kier molecular flexibility index (Phi) is 5.30. The van der Waals surface area contributed by atoms with Gasteiger partial charge in [0.2, 0.25) is 5.91 Å². The molecular weight excluding hydrogens is 254 g/mol. The van der Waals surface area contributed by atoms with Crippen molar-refractivity contribution in [3.05, 3.63) is 35.9 Å². The number of nitrogens with zero attached hydrogens (tertiary/aromatic N) is 1. The molecule has 1 aromatic carbocycles. The lowest BCUT2D eigenvalue weighted by Crippen LogP contribution is -2.37. The molecule has 5 nitrogen and oxygen atoms in total. The molecule has 0 atom stereocenters. The molecule has 0 fully saturated rings. The molecule has 0 bridgehead atoms. The van der Waals surface area contributed by atoms with E-state index in [2.05, 4.69) is 0 Å². The molecule has 0 radical (unpaired) electrons. The van der Waals surface area contributed by atoms with E-state index in [-0.39, 0.29) is 13.2 Å². The number of hydrogen-bond donors (Lipinski definition) is 1. The van der Waals surface area contributed by atoms with Gasteiger partial charge < -0.3 is 10.0 Å². The Hall–Kier alpha value is -1.40. The fourth-order valence-corrected chi connectivity index (χ4v) is 2.16. The number of benzene rings is 1. The van der Waals surface area contributed by atoms with Gasteiger partial charge in [-0.3, -0.25) is 4.79 Å². The summed E-state index contributed by atoms with van der Waals surface area (Å²) in [6.45, 7) is 0.237. The van der Waals surface area contributed by atoms with E-state index in [1.807, 2.05) is 30.3 Å². The quantitative estimate of drug-likeness (QED) is 0.793. The van der Waals surface area contributed by atoms with Crippen LogP contribution in [0.3, 0.4) is 0 Å². The summed E-state index contributed by atoms with van der Waals surface area (Å²) < 4.78 is 22.2. The summed E-state index contributed by atoms with van der Waals surface area (Å²) in [6, 6.07) is 9.23. The molecule has 0 heterocycles. The first-order valence-corrected chi connectivity index (χ1v) is 7.58. The Morgan fingerprint density at radius 2 is 1.89 bits per heavy atom. The summed E-state index contributed by atoms with van der Waals surface area (Å²) in [4.78, 5) is 13.1. The Morgan fingerprint density at radius 3 is 2.39 bits per heavy atom. The number of hydrogen-bond acceptors (Lipinski definition) is 4. The minimum absolute atomic E-state index is 0.128. The van der Waals surface area contributed by atoms with Crippen LogP contribution < -0.4 is 0 Å². The number of sulfone groups is 1. The first kappa shape index (κ1) is 14.7. The van der Waals surface area contributed by atoms with Gasteiger partial charge in [0.15, 0.2) is 9.84 Å². The molecule has 0 saturated heterocycles. The molecule has 1 N–H and O–H groups in total. The highest BCUT2D eigenvalue weighted by Gasteiger charge is 2.18. The van der Waals surface area contributed by atoms with Crippen molar-refractivity contribution in [1.82, 2.24) is 4.90 Å². The van der Waals surface area contributed by atoms with Crippen molar-refractivity contribution in [1.29, 1.82) is 0 Å². The van der Waals surface area contributed by atoms with E-state index >= 15 is 0 Å². The summed E-state index contributed by atoms with van der Waals surface area (Å²) in [5.41, 5.74) is 0.896. The molecule has 0 aromatic heterocycles. The van der Waals surface area contributed by atoms with Crippen LogP contribution in [0.2, 0.25) is 0 Å². The molecule has 0 aliphatic rings. The second-order valence-corrected chi connectivity index (χ2v) is 6.23. The van der Waals surface area contributed by atoms with Gasteiger partial charge in [0.25, 0.3) is 0 Å². The average Bonchev–Trinajstić information content (AvgIpc) is 2.27. The first-order valence-electron chi connectivity index (χ1n) is 5.52. The van der Waals surface area contributed by atoms with E-state index in [0.29, 0.717) is 6.54 Å². The molecule has 0 unspecified atom stereocenters. The van der Waals surface area contributed by atoms with Crippen LogP contribution in [-0.2, 0) is 21.2 Å². The second-order valence-electron chi connectivity index (χ2n) is 4.09. The third kappa shape index (κ3) is 5.29. The average molecular weight is 271 g/mol. The van der Waals surface area contributed by atoms with Gasteiger partial charge in [-0.15, -0.1) is 0 Å². The topological polar surface area (TPSA) is 74.7 Å². The zero-order valence-corrected chi connectivity index (χ0v) is 11.1. The van der Waals surface area contributed by atoms with Crippen molar-refractivity contribution in [3.63, 3.8) is 0 Å². The van der Waals surface area contributed by atoms with Gasteiger partial charge >= 0.3 is 0 Å². The molecule has 18 heavy (non-hydrogen) atoms. The van der Waals surface area contributed by atoms with E-state index < -0.39 is 21.5 Å². The minimum Gasteiger partial charge on any atom is -0.395 e. The number of aliphatic hydroxyl groups is 1. The summed E-state index contributed by atoms with van der Waals surface area (Å²) in [5, 5.41) is 8.92. The molecule has 6 heteroatoms. The Labute approximate surface area is 107 Å². The van der Waals surface area contributed by atoms with E-state index in [1.165, 1.54) is 4.90 Å².